The van der Waals surface area contributed by atoms with Crippen LogP contribution in [0.4, 0.5) is 0 Å². The Balaban J connectivity index is 2.40. The van der Waals surface area contributed by atoms with E-state index in [2.05, 4.69) is 13.0 Å². The van der Waals surface area contributed by atoms with Crippen molar-refractivity contribution in [2.45, 2.75) is 25.0 Å². The second-order valence-corrected chi connectivity index (χ2v) is 6.47. The predicted molar refractivity (Wildman–Crippen MR) is 69.0 cm³/mol. The first-order valence-electron chi connectivity index (χ1n) is 4.95. The molecule has 0 saturated heterocycles. The molecule has 0 saturated carbocycles. The number of nitriles is 1. The first-order chi connectivity index (χ1) is 7.27. The van der Waals surface area contributed by atoms with Gasteiger partial charge in [0.1, 0.15) is 0 Å². The number of carbonyl (C=O) groups excluding carboxylic acids is 1. The van der Waals surface area contributed by atoms with Gasteiger partial charge in [0.15, 0.2) is 5.12 Å². The van der Waals surface area contributed by atoms with Gasteiger partial charge in [-0.05, 0) is 17.2 Å². The van der Waals surface area contributed by atoms with Crippen LogP contribution in [0.2, 0.25) is 0 Å². The molecule has 82 valence electrons. The standard InChI is InChI=1S/C11H15NOS2/c1-2-5-14-11(13)8-10(9-12)15-6-3-4-7-15/h3-4,6-7,10,15H,2,5,8H2,1H3/t10-/m1/s1. The van der Waals surface area contributed by atoms with Crippen molar-refractivity contribution in [2.24, 2.45) is 0 Å². The van der Waals surface area contributed by atoms with Gasteiger partial charge in [-0.3, -0.25) is 4.79 Å². The minimum atomic E-state index is -0.513. The summed E-state index contributed by atoms with van der Waals surface area (Å²) in [5, 5.41) is 13.1. The number of hydrogen-bond acceptors (Lipinski definition) is 3. The molecular formula is C11H15NOS2. The molecule has 0 aliphatic carbocycles. The highest BCUT2D eigenvalue weighted by Crippen LogP contribution is 2.40. The van der Waals surface area contributed by atoms with Gasteiger partial charge in [-0.15, -0.1) is 0 Å². The van der Waals surface area contributed by atoms with Gasteiger partial charge in [-0.2, -0.15) is 16.2 Å². The van der Waals surface area contributed by atoms with Crippen molar-refractivity contribution in [3.8, 4) is 6.07 Å². The van der Waals surface area contributed by atoms with E-state index in [0.717, 1.165) is 12.2 Å². The third-order valence-corrected chi connectivity index (χ3v) is 5.12. The third kappa shape index (κ3) is 4.15. The molecule has 0 aromatic rings. The van der Waals surface area contributed by atoms with E-state index in [1.807, 2.05) is 23.0 Å². The van der Waals surface area contributed by atoms with E-state index in [0.29, 0.717) is 6.42 Å². The average Bonchev–Trinajstić information content (AvgIpc) is 2.76. The molecule has 0 aromatic heterocycles. The molecule has 1 rings (SSSR count). The zero-order chi connectivity index (χ0) is 11.1. The molecule has 15 heavy (non-hydrogen) atoms. The second-order valence-electron chi connectivity index (χ2n) is 3.20. The summed E-state index contributed by atoms with van der Waals surface area (Å²) in [7, 11) is -0.513. The Morgan fingerprint density at radius 2 is 2.20 bits per heavy atom. The summed E-state index contributed by atoms with van der Waals surface area (Å²) in [5.74, 6) is 0.862. The Labute approximate surface area is 97.8 Å². The Hall–Kier alpha value is -0.660. The minimum absolute atomic E-state index is 0.133. The Bertz CT molecular complexity index is 305. The van der Waals surface area contributed by atoms with Gasteiger partial charge in [-0.1, -0.05) is 30.8 Å². The van der Waals surface area contributed by atoms with Crippen LogP contribution in [0.5, 0.6) is 0 Å². The van der Waals surface area contributed by atoms with Gasteiger partial charge < -0.3 is 0 Å². The fourth-order valence-corrected chi connectivity index (χ4v) is 3.67. The van der Waals surface area contributed by atoms with Crippen LogP contribution in [0.1, 0.15) is 19.8 Å². The van der Waals surface area contributed by atoms with Crippen molar-refractivity contribution < 1.29 is 4.79 Å². The van der Waals surface area contributed by atoms with Crippen LogP contribution in [0.25, 0.3) is 0 Å². The summed E-state index contributed by atoms with van der Waals surface area (Å²) in [6.07, 6.45) is 5.31. The maximum absolute atomic E-state index is 11.5. The second kappa shape index (κ2) is 6.76. The van der Waals surface area contributed by atoms with E-state index >= 15 is 0 Å². The Kier molecular flexibility index (Phi) is 5.59. The fraction of sp³-hybridized carbons (Fsp3) is 0.455. The zero-order valence-corrected chi connectivity index (χ0v) is 10.4. The van der Waals surface area contributed by atoms with E-state index in [1.165, 1.54) is 11.8 Å². The number of allylic oxidation sites excluding steroid dienone is 2. The summed E-state index contributed by atoms with van der Waals surface area (Å²) in [6, 6.07) is 2.24. The normalized spacial score (nSPS) is 17.7. The highest BCUT2D eigenvalue weighted by atomic mass is 32.2. The van der Waals surface area contributed by atoms with Crippen molar-refractivity contribution in [3.05, 3.63) is 23.0 Å². The summed E-state index contributed by atoms with van der Waals surface area (Å²) in [5.41, 5.74) is 0. The van der Waals surface area contributed by atoms with E-state index in [9.17, 15) is 4.79 Å². The molecule has 1 atom stereocenters. The number of nitrogens with zero attached hydrogens (tertiary/aromatic N) is 1. The Morgan fingerprint density at radius 3 is 2.73 bits per heavy atom. The van der Waals surface area contributed by atoms with E-state index < -0.39 is 10.9 Å². The number of rotatable bonds is 5. The van der Waals surface area contributed by atoms with Crippen molar-refractivity contribution >= 4 is 27.8 Å². The van der Waals surface area contributed by atoms with Crippen LogP contribution in [-0.2, 0) is 4.79 Å². The number of thioether (sulfide) groups is 1. The van der Waals surface area contributed by atoms with Gasteiger partial charge in [0, 0.05) is 12.2 Å². The van der Waals surface area contributed by atoms with Crippen LogP contribution in [-0.4, -0.2) is 16.1 Å². The Morgan fingerprint density at radius 1 is 1.53 bits per heavy atom. The SMILES string of the molecule is CCCSC(=O)C[C@H](C#N)[SH]1C=CC=C1. The van der Waals surface area contributed by atoms with E-state index in [-0.39, 0.29) is 10.4 Å². The molecule has 4 heteroatoms. The first-order valence-corrected chi connectivity index (χ1v) is 7.49. The maximum Gasteiger partial charge on any atom is 0.191 e. The summed E-state index contributed by atoms with van der Waals surface area (Å²) in [6.45, 7) is 2.05. The first kappa shape index (κ1) is 12.4. The molecule has 0 bridgehead atoms. The minimum Gasteiger partial charge on any atom is -0.287 e. The molecule has 2 nitrogen and oxygen atoms in total. The maximum atomic E-state index is 11.5. The van der Waals surface area contributed by atoms with Gasteiger partial charge in [0.2, 0.25) is 0 Å². The molecule has 0 radical (unpaired) electrons. The highest BCUT2D eigenvalue weighted by Gasteiger charge is 2.18. The van der Waals surface area contributed by atoms with E-state index in [4.69, 9.17) is 5.26 Å². The highest BCUT2D eigenvalue weighted by molar-refractivity contribution is 8.23. The summed E-state index contributed by atoms with van der Waals surface area (Å²) >= 11 is 1.35. The van der Waals surface area contributed by atoms with Gasteiger partial charge in [0.25, 0.3) is 0 Å². The molecule has 1 heterocycles. The molecule has 0 unspecified atom stereocenters. The smallest absolute Gasteiger partial charge is 0.191 e. The van der Waals surface area contributed by atoms with Crippen LogP contribution in [0, 0.1) is 11.3 Å². The molecule has 0 aromatic carbocycles. The monoisotopic (exact) mass is 241 g/mol. The number of thiol groups is 1. The van der Waals surface area contributed by atoms with Gasteiger partial charge in [-0.25, -0.2) is 0 Å². The quantitative estimate of drug-likeness (QED) is 0.752. The lowest BCUT2D eigenvalue weighted by Crippen LogP contribution is -2.08. The molecule has 1 aliphatic rings. The van der Waals surface area contributed by atoms with E-state index in [1.54, 1.807) is 0 Å². The largest absolute Gasteiger partial charge is 0.287 e. The van der Waals surface area contributed by atoms with Gasteiger partial charge in [0.05, 0.1) is 11.3 Å². The van der Waals surface area contributed by atoms with Crippen molar-refractivity contribution in [2.75, 3.05) is 5.75 Å². The topological polar surface area (TPSA) is 40.9 Å². The third-order valence-electron chi connectivity index (χ3n) is 1.96. The van der Waals surface area contributed by atoms with Crippen LogP contribution in [0.15, 0.2) is 23.0 Å². The molecule has 0 fully saturated rings. The van der Waals surface area contributed by atoms with Gasteiger partial charge >= 0.3 is 0 Å². The number of carbonyl (C=O) groups is 1. The van der Waals surface area contributed by atoms with Crippen molar-refractivity contribution in [3.63, 3.8) is 0 Å². The van der Waals surface area contributed by atoms with Crippen LogP contribution >= 0.6 is 22.7 Å². The van der Waals surface area contributed by atoms with Crippen LogP contribution < -0.4 is 0 Å². The fourth-order valence-electron chi connectivity index (χ4n) is 1.21. The lowest BCUT2D eigenvalue weighted by atomic mass is 10.3. The zero-order valence-electron chi connectivity index (χ0n) is 8.72. The average molecular weight is 241 g/mol. The predicted octanol–water partition coefficient (Wildman–Crippen LogP) is 2.98. The summed E-state index contributed by atoms with van der Waals surface area (Å²) in [4.78, 5) is 11.5. The molecule has 0 amide bonds. The van der Waals surface area contributed by atoms with Crippen molar-refractivity contribution in [1.82, 2.24) is 0 Å². The molecule has 0 spiro atoms. The molecular weight excluding hydrogens is 226 g/mol. The van der Waals surface area contributed by atoms with Crippen LogP contribution in [0.3, 0.4) is 0 Å². The number of hydrogen-bond donors (Lipinski definition) is 1. The molecule has 0 N–H and O–H groups in total. The van der Waals surface area contributed by atoms with Crippen molar-refractivity contribution in [1.29, 1.82) is 5.26 Å². The lowest BCUT2D eigenvalue weighted by molar-refractivity contribution is -0.110. The lowest BCUT2D eigenvalue weighted by Gasteiger charge is -2.15. The summed E-state index contributed by atoms with van der Waals surface area (Å²) < 4.78 is 0. The molecule has 1 aliphatic heterocycles.